The number of unbranched alkanes of at least 4 members (excludes halogenated alkanes) is 1. The Bertz CT molecular complexity index is 1050. The number of rotatable bonds is 8. The minimum atomic E-state index is -1.10. The van der Waals surface area contributed by atoms with E-state index >= 15 is 0 Å². The molecule has 1 aliphatic heterocycles. The molecule has 0 unspecified atom stereocenters. The number of hydrogen-bond donors (Lipinski definition) is 1. The van der Waals surface area contributed by atoms with E-state index in [-0.39, 0.29) is 20.7 Å². The number of hydrogen-bond acceptors (Lipinski definition) is 7. The summed E-state index contributed by atoms with van der Waals surface area (Å²) in [5.41, 5.74) is 0.227. The Balaban J connectivity index is 1.87. The van der Waals surface area contributed by atoms with Gasteiger partial charge in [-0.2, -0.15) is 0 Å². The van der Waals surface area contributed by atoms with E-state index in [0.717, 1.165) is 23.1 Å². The number of para-hydroxylation sites is 1. The Kier molecular flexibility index (Phi) is 6.68. The molecule has 1 aromatic heterocycles. The summed E-state index contributed by atoms with van der Waals surface area (Å²) in [6.45, 7) is 1.94. The van der Waals surface area contributed by atoms with Gasteiger partial charge in [-0.25, -0.2) is 4.79 Å². The second-order valence-corrected chi connectivity index (χ2v) is 8.20. The van der Waals surface area contributed by atoms with Crippen LogP contribution < -0.4 is 0 Å². The van der Waals surface area contributed by atoms with Gasteiger partial charge < -0.3 is 9.52 Å². The lowest BCUT2D eigenvalue weighted by Gasteiger charge is -2.22. The molecule has 0 radical (unpaired) electrons. The molecule has 0 saturated carbocycles. The summed E-state index contributed by atoms with van der Waals surface area (Å²) in [5.74, 6) is -0.991. The molecule has 2 heterocycles. The number of furan rings is 1. The van der Waals surface area contributed by atoms with Gasteiger partial charge in [-0.05, 0) is 24.6 Å². The van der Waals surface area contributed by atoms with E-state index in [0.29, 0.717) is 24.2 Å². The summed E-state index contributed by atoms with van der Waals surface area (Å²) in [6, 6.07) is 8.34. The number of carbonyl (C=O) groups excluding carboxylic acids is 1. The number of thioether (sulfide) groups is 1. The van der Waals surface area contributed by atoms with E-state index in [9.17, 15) is 24.8 Å². The first-order valence-electron chi connectivity index (χ1n) is 9.17. The van der Waals surface area contributed by atoms with Crippen LogP contribution in [0, 0.1) is 10.1 Å². The van der Waals surface area contributed by atoms with Gasteiger partial charge in [0, 0.05) is 12.1 Å². The zero-order chi connectivity index (χ0) is 21.8. The average Bonchev–Trinajstić information content (AvgIpc) is 3.28. The molecule has 3 rings (SSSR count). The molecule has 2 aromatic rings. The molecule has 10 heteroatoms. The van der Waals surface area contributed by atoms with Crippen molar-refractivity contribution in [3.63, 3.8) is 0 Å². The van der Waals surface area contributed by atoms with Crippen molar-refractivity contribution in [2.45, 2.75) is 32.2 Å². The monoisotopic (exact) mass is 446 g/mol. The Morgan fingerprint density at radius 2 is 2.10 bits per heavy atom. The fourth-order valence-electron chi connectivity index (χ4n) is 3.05. The summed E-state index contributed by atoms with van der Waals surface area (Å²) >= 11 is 6.25. The van der Waals surface area contributed by atoms with Crippen molar-refractivity contribution in [2.24, 2.45) is 0 Å². The van der Waals surface area contributed by atoms with E-state index in [4.69, 9.17) is 16.6 Å². The number of nitro groups is 1. The van der Waals surface area contributed by atoms with Crippen molar-refractivity contribution in [1.82, 2.24) is 4.90 Å². The topological polar surface area (TPSA) is 114 Å². The second kappa shape index (κ2) is 9.23. The Morgan fingerprint density at radius 1 is 1.37 bits per heavy atom. The van der Waals surface area contributed by atoms with E-state index < -0.39 is 22.8 Å². The van der Waals surface area contributed by atoms with Crippen LogP contribution in [0.2, 0.25) is 0 Å². The number of benzene rings is 1. The van der Waals surface area contributed by atoms with Crippen molar-refractivity contribution in [2.75, 3.05) is 0 Å². The predicted molar refractivity (Wildman–Crippen MR) is 117 cm³/mol. The van der Waals surface area contributed by atoms with Crippen LogP contribution in [0.1, 0.15) is 31.9 Å². The smallest absolute Gasteiger partial charge is 0.326 e. The SMILES string of the molecule is CCCC[C@@H](C(=O)O)N1C(=O)/C(=C\c2ccc(-c3ccccc3[N+](=O)[O-])o2)SC1=S. The van der Waals surface area contributed by atoms with E-state index in [1.807, 2.05) is 6.92 Å². The number of carboxylic acids is 1. The van der Waals surface area contributed by atoms with Crippen molar-refractivity contribution in [1.29, 1.82) is 0 Å². The van der Waals surface area contributed by atoms with Crippen LogP contribution in [0.15, 0.2) is 45.7 Å². The van der Waals surface area contributed by atoms with Crippen LogP contribution in [-0.4, -0.2) is 37.2 Å². The van der Waals surface area contributed by atoms with Crippen molar-refractivity contribution in [3.05, 3.63) is 57.2 Å². The summed E-state index contributed by atoms with van der Waals surface area (Å²) in [6.07, 6.45) is 3.24. The van der Waals surface area contributed by atoms with Crippen LogP contribution in [0.5, 0.6) is 0 Å². The Hall–Kier alpha value is -2.98. The number of nitrogens with zero attached hydrogens (tertiary/aromatic N) is 2. The molecular weight excluding hydrogens is 428 g/mol. The van der Waals surface area contributed by atoms with Crippen molar-refractivity contribution < 1.29 is 24.0 Å². The fraction of sp³-hybridized carbons (Fsp3) is 0.250. The lowest BCUT2D eigenvalue weighted by molar-refractivity contribution is -0.384. The number of thiocarbonyl (C=S) groups is 1. The zero-order valence-corrected chi connectivity index (χ0v) is 17.6. The van der Waals surface area contributed by atoms with E-state index in [1.54, 1.807) is 30.3 Å². The number of carboxylic acid groups (broad SMARTS) is 1. The molecule has 1 amide bonds. The molecule has 0 spiro atoms. The third-order valence-electron chi connectivity index (χ3n) is 4.52. The van der Waals surface area contributed by atoms with Gasteiger partial charge in [0.25, 0.3) is 11.6 Å². The highest BCUT2D eigenvalue weighted by Crippen LogP contribution is 2.36. The van der Waals surface area contributed by atoms with Gasteiger partial charge in [-0.15, -0.1) is 0 Å². The minimum absolute atomic E-state index is 0.0926. The molecule has 1 aliphatic rings. The number of aliphatic carboxylic acids is 1. The molecule has 0 bridgehead atoms. The molecule has 30 heavy (non-hydrogen) atoms. The standard InChI is InChI=1S/C20H18N2O6S2/c1-2-3-7-15(19(24)25)21-18(23)17(30-20(21)29)11-12-9-10-16(28-12)13-6-4-5-8-14(13)22(26)27/h4-6,8-11,15H,2-3,7H2,1H3,(H,24,25)/b17-11+/t15-/m0/s1. The summed E-state index contributed by atoms with van der Waals surface area (Å²) in [7, 11) is 0. The maximum absolute atomic E-state index is 12.8. The van der Waals surface area contributed by atoms with Crippen LogP contribution in [0.25, 0.3) is 17.4 Å². The maximum atomic E-state index is 12.8. The maximum Gasteiger partial charge on any atom is 0.326 e. The molecule has 0 aliphatic carbocycles. The molecule has 1 saturated heterocycles. The van der Waals surface area contributed by atoms with E-state index in [1.165, 1.54) is 12.1 Å². The first-order chi connectivity index (χ1) is 14.3. The average molecular weight is 447 g/mol. The van der Waals surface area contributed by atoms with E-state index in [2.05, 4.69) is 0 Å². The lowest BCUT2D eigenvalue weighted by atomic mass is 10.1. The van der Waals surface area contributed by atoms with Gasteiger partial charge in [0.15, 0.2) is 0 Å². The van der Waals surface area contributed by atoms with Crippen LogP contribution in [0.4, 0.5) is 5.69 Å². The van der Waals surface area contributed by atoms with Gasteiger partial charge in [0.05, 0.1) is 15.4 Å². The predicted octanol–water partition coefficient (Wildman–Crippen LogP) is 4.70. The first-order valence-corrected chi connectivity index (χ1v) is 10.4. The third-order valence-corrected chi connectivity index (χ3v) is 5.85. The van der Waals surface area contributed by atoms with Crippen LogP contribution in [-0.2, 0) is 9.59 Å². The second-order valence-electron chi connectivity index (χ2n) is 6.52. The highest BCUT2D eigenvalue weighted by molar-refractivity contribution is 8.26. The van der Waals surface area contributed by atoms with Gasteiger partial charge in [-0.1, -0.05) is 55.9 Å². The van der Waals surface area contributed by atoms with Gasteiger partial charge in [-0.3, -0.25) is 19.8 Å². The number of carbonyl (C=O) groups is 2. The quantitative estimate of drug-likeness (QED) is 0.269. The Labute approximate surface area is 181 Å². The zero-order valence-electron chi connectivity index (χ0n) is 15.9. The molecule has 8 nitrogen and oxygen atoms in total. The molecule has 1 atom stereocenters. The molecular formula is C20H18N2O6S2. The number of amides is 1. The van der Waals surface area contributed by atoms with Crippen molar-refractivity contribution in [3.8, 4) is 11.3 Å². The minimum Gasteiger partial charge on any atom is -0.480 e. The first kappa shape index (κ1) is 21.7. The van der Waals surface area contributed by atoms with Gasteiger partial charge in [0.2, 0.25) is 0 Å². The van der Waals surface area contributed by atoms with Crippen molar-refractivity contribution >= 4 is 51.9 Å². The normalized spacial score (nSPS) is 16.3. The van der Waals surface area contributed by atoms with Crippen LogP contribution in [0.3, 0.4) is 0 Å². The Morgan fingerprint density at radius 3 is 2.77 bits per heavy atom. The molecule has 1 aromatic carbocycles. The molecule has 1 N–H and O–H groups in total. The van der Waals surface area contributed by atoms with Gasteiger partial charge >= 0.3 is 5.97 Å². The summed E-state index contributed by atoms with van der Waals surface area (Å²) in [5, 5.41) is 20.7. The lowest BCUT2D eigenvalue weighted by Crippen LogP contribution is -2.43. The van der Waals surface area contributed by atoms with Gasteiger partial charge in [0.1, 0.15) is 21.9 Å². The number of nitro benzene ring substituents is 1. The highest BCUT2D eigenvalue weighted by atomic mass is 32.2. The largest absolute Gasteiger partial charge is 0.480 e. The summed E-state index contributed by atoms with van der Waals surface area (Å²) < 4.78 is 5.87. The third kappa shape index (κ3) is 4.44. The summed E-state index contributed by atoms with van der Waals surface area (Å²) in [4.78, 5) is 36.6. The molecule has 1 fully saturated rings. The highest BCUT2D eigenvalue weighted by Gasteiger charge is 2.40. The fourth-order valence-corrected chi connectivity index (χ4v) is 4.39. The molecule has 156 valence electrons. The van der Waals surface area contributed by atoms with Crippen LogP contribution >= 0.6 is 24.0 Å².